The second kappa shape index (κ2) is 8.14. The van der Waals surface area contributed by atoms with Crippen LogP contribution < -0.4 is 5.32 Å². The zero-order valence-electron chi connectivity index (χ0n) is 17.1. The van der Waals surface area contributed by atoms with Crippen LogP contribution in [0.3, 0.4) is 0 Å². The molecule has 0 aliphatic carbocycles. The third-order valence-electron chi connectivity index (χ3n) is 6.58. The molecule has 7 heteroatoms. The fourth-order valence-electron chi connectivity index (χ4n) is 4.88. The molecule has 1 aromatic rings. The van der Waals surface area contributed by atoms with Crippen molar-refractivity contribution in [3.05, 3.63) is 35.9 Å². The van der Waals surface area contributed by atoms with E-state index in [0.717, 1.165) is 38.9 Å². The molecule has 0 aromatic heterocycles. The molecule has 0 unspecified atom stereocenters. The molecule has 3 heterocycles. The lowest BCUT2D eigenvalue weighted by atomic mass is 9.86. The first-order valence-electron chi connectivity index (χ1n) is 10.8. The van der Waals surface area contributed by atoms with E-state index >= 15 is 0 Å². The van der Waals surface area contributed by atoms with E-state index in [-0.39, 0.29) is 23.9 Å². The molecule has 3 fully saturated rings. The van der Waals surface area contributed by atoms with Gasteiger partial charge in [-0.25, -0.2) is 4.79 Å². The molecule has 0 bridgehead atoms. The number of piperidine rings is 2. The normalized spacial score (nSPS) is 22.9. The van der Waals surface area contributed by atoms with Gasteiger partial charge in [-0.1, -0.05) is 25.1 Å². The number of rotatable bonds is 4. The number of amides is 4. The fourth-order valence-corrected chi connectivity index (χ4v) is 4.88. The summed E-state index contributed by atoms with van der Waals surface area (Å²) in [5.74, 6) is -0.111. The van der Waals surface area contributed by atoms with Crippen molar-refractivity contribution in [1.29, 1.82) is 0 Å². The predicted molar refractivity (Wildman–Crippen MR) is 109 cm³/mol. The number of imide groups is 1. The lowest BCUT2D eigenvalue weighted by Crippen LogP contribution is -2.56. The second-order valence-electron chi connectivity index (χ2n) is 8.42. The molecule has 3 saturated heterocycles. The molecule has 1 aromatic carbocycles. The molecule has 3 aliphatic heterocycles. The number of benzene rings is 1. The maximum Gasteiger partial charge on any atom is 0.325 e. The van der Waals surface area contributed by atoms with Crippen LogP contribution >= 0.6 is 0 Å². The average Bonchev–Trinajstić information content (AvgIpc) is 2.99. The molecule has 0 atom stereocenters. The van der Waals surface area contributed by atoms with Gasteiger partial charge < -0.3 is 15.1 Å². The Kier molecular flexibility index (Phi) is 5.58. The van der Waals surface area contributed by atoms with Crippen molar-refractivity contribution in [2.24, 2.45) is 0 Å². The molecular weight excluding hydrogens is 368 g/mol. The molecule has 0 saturated carbocycles. The van der Waals surface area contributed by atoms with Gasteiger partial charge in [0.1, 0.15) is 5.54 Å². The van der Waals surface area contributed by atoms with Crippen LogP contribution in [0.15, 0.2) is 30.3 Å². The predicted octanol–water partition coefficient (Wildman–Crippen LogP) is 2.09. The lowest BCUT2D eigenvalue weighted by Gasteiger charge is -2.38. The van der Waals surface area contributed by atoms with Gasteiger partial charge in [-0.2, -0.15) is 0 Å². The highest BCUT2D eigenvalue weighted by molar-refractivity contribution is 6.07. The standard InChI is InChI=1S/C22H30N4O3/c1-2-12-24-13-8-18(9-14-24)26-20(28)22(23-21(26)29)10-15-25(16-11-22)19(27)17-6-4-3-5-7-17/h3-7,18H,2,8-16H2,1H3,(H,23,29). The van der Waals surface area contributed by atoms with E-state index in [9.17, 15) is 14.4 Å². The number of hydrogen-bond acceptors (Lipinski definition) is 4. The molecule has 4 rings (SSSR count). The highest BCUT2D eigenvalue weighted by Gasteiger charge is 2.54. The monoisotopic (exact) mass is 398 g/mol. The topological polar surface area (TPSA) is 73.0 Å². The Labute approximate surface area is 172 Å². The van der Waals surface area contributed by atoms with E-state index in [1.54, 1.807) is 4.90 Å². The summed E-state index contributed by atoms with van der Waals surface area (Å²) in [6, 6.07) is 8.93. The Balaban J connectivity index is 1.38. The Morgan fingerprint density at radius 1 is 1.07 bits per heavy atom. The van der Waals surface area contributed by atoms with Gasteiger partial charge in [-0.05, 0) is 50.8 Å². The number of likely N-dealkylation sites (tertiary alicyclic amines) is 2. The largest absolute Gasteiger partial charge is 0.338 e. The smallest absolute Gasteiger partial charge is 0.325 e. The van der Waals surface area contributed by atoms with Crippen molar-refractivity contribution in [1.82, 2.24) is 20.0 Å². The highest BCUT2D eigenvalue weighted by atomic mass is 16.2. The quantitative estimate of drug-likeness (QED) is 0.789. The summed E-state index contributed by atoms with van der Waals surface area (Å²) in [5, 5.41) is 2.99. The Morgan fingerprint density at radius 2 is 1.72 bits per heavy atom. The summed E-state index contributed by atoms with van der Waals surface area (Å²) in [5.41, 5.74) is -0.184. The van der Waals surface area contributed by atoms with Crippen molar-refractivity contribution in [3.63, 3.8) is 0 Å². The van der Waals surface area contributed by atoms with Crippen LogP contribution in [0.1, 0.15) is 49.4 Å². The minimum atomic E-state index is -0.842. The summed E-state index contributed by atoms with van der Waals surface area (Å²) in [6.45, 7) is 6.05. The minimum Gasteiger partial charge on any atom is -0.338 e. The number of nitrogens with one attached hydrogen (secondary N) is 1. The maximum absolute atomic E-state index is 13.3. The number of carbonyl (C=O) groups excluding carboxylic acids is 3. The van der Waals surface area contributed by atoms with E-state index in [2.05, 4.69) is 17.1 Å². The van der Waals surface area contributed by atoms with Crippen LogP contribution in [0.4, 0.5) is 4.79 Å². The van der Waals surface area contributed by atoms with Crippen LogP contribution in [0, 0.1) is 0 Å². The van der Waals surface area contributed by atoms with Crippen molar-refractivity contribution in [2.75, 3.05) is 32.7 Å². The van der Waals surface area contributed by atoms with Crippen LogP contribution in [0.5, 0.6) is 0 Å². The maximum atomic E-state index is 13.3. The number of urea groups is 1. The van der Waals surface area contributed by atoms with Crippen molar-refractivity contribution in [3.8, 4) is 0 Å². The molecule has 1 N–H and O–H groups in total. The zero-order chi connectivity index (χ0) is 20.4. The van der Waals surface area contributed by atoms with E-state index < -0.39 is 5.54 Å². The molecule has 7 nitrogen and oxygen atoms in total. The molecular formula is C22H30N4O3. The molecule has 29 heavy (non-hydrogen) atoms. The van der Waals surface area contributed by atoms with Crippen molar-refractivity contribution < 1.29 is 14.4 Å². The van der Waals surface area contributed by atoms with Crippen LogP contribution in [0.25, 0.3) is 0 Å². The van der Waals surface area contributed by atoms with Gasteiger partial charge in [-0.3, -0.25) is 14.5 Å². The number of carbonyl (C=O) groups is 3. The number of nitrogens with zero attached hydrogens (tertiary/aromatic N) is 3. The van der Waals surface area contributed by atoms with E-state index in [0.29, 0.717) is 31.5 Å². The van der Waals surface area contributed by atoms with E-state index in [4.69, 9.17) is 0 Å². The Bertz CT molecular complexity index is 766. The van der Waals surface area contributed by atoms with Gasteiger partial charge in [0.15, 0.2) is 0 Å². The first-order valence-corrected chi connectivity index (χ1v) is 10.8. The summed E-state index contributed by atoms with van der Waals surface area (Å²) in [6.07, 6.45) is 3.75. The molecule has 3 aliphatic rings. The van der Waals surface area contributed by atoms with Crippen molar-refractivity contribution >= 4 is 17.8 Å². The first kappa shape index (κ1) is 19.9. The van der Waals surface area contributed by atoms with Gasteiger partial charge in [0.25, 0.3) is 11.8 Å². The summed E-state index contributed by atoms with van der Waals surface area (Å²) >= 11 is 0. The highest BCUT2D eigenvalue weighted by Crippen LogP contribution is 2.33. The van der Waals surface area contributed by atoms with Crippen molar-refractivity contribution in [2.45, 2.75) is 50.6 Å². The van der Waals surface area contributed by atoms with Gasteiger partial charge in [-0.15, -0.1) is 0 Å². The van der Waals surface area contributed by atoms with E-state index in [1.807, 2.05) is 30.3 Å². The third-order valence-corrected chi connectivity index (χ3v) is 6.58. The SMILES string of the molecule is CCCN1CCC(N2C(=O)NC3(CCN(C(=O)c4ccccc4)CC3)C2=O)CC1. The Morgan fingerprint density at radius 3 is 2.34 bits per heavy atom. The van der Waals surface area contributed by atoms with Gasteiger partial charge >= 0.3 is 6.03 Å². The van der Waals surface area contributed by atoms with Crippen LogP contribution in [-0.4, -0.2) is 76.8 Å². The fraction of sp³-hybridized carbons (Fsp3) is 0.591. The molecule has 1 spiro atoms. The lowest BCUT2D eigenvalue weighted by molar-refractivity contribution is -0.135. The van der Waals surface area contributed by atoms with Gasteiger partial charge in [0.2, 0.25) is 0 Å². The van der Waals surface area contributed by atoms with Crippen LogP contribution in [0.2, 0.25) is 0 Å². The summed E-state index contributed by atoms with van der Waals surface area (Å²) in [7, 11) is 0. The van der Waals surface area contributed by atoms with Gasteiger partial charge in [0, 0.05) is 37.8 Å². The average molecular weight is 399 g/mol. The summed E-state index contributed by atoms with van der Waals surface area (Å²) < 4.78 is 0. The van der Waals surface area contributed by atoms with Crippen LogP contribution in [-0.2, 0) is 4.79 Å². The first-order chi connectivity index (χ1) is 14.0. The number of hydrogen-bond donors (Lipinski definition) is 1. The molecule has 0 radical (unpaired) electrons. The molecule has 156 valence electrons. The Hall–Kier alpha value is -2.41. The third kappa shape index (κ3) is 3.75. The van der Waals surface area contributed by atoms with Gasteiger partial charge in [0.05, 0.1) is 0 Å². The minimum absolute atomic E-state index is 0.0149. The molecule has 4 amide bonds. The van der Waals surface area contributed by atoms with E-state index in [1.165, 1.54) is 4.90 Å². The zero-order valence-corrected chi connectivity index (χ0v) is 17.1. The summed E-state index contributed by atoms with van der Waals surface area (Å²) in [4.78, 5) is 44.3. The second-order valence-corrected chi connectivity index (χ2v) is 8.42.